The summed E-state index contributed by atoms with van der Waals surface area (Å²) in [6.07, 6.45) is 5.25. The average molecular weight is 236 g/mol. The zero-order valence-electron chi connectivity index (χ0n) is 10.5. The van der Waals surface area contributed by atoms with E-state index in [1.165, 1.54) is 12.8 Å². The van der Waals surface area contributed by atoms with E-state index in [9.17, 15) is 4.79 Å². The van der Waals surface area contributed by atoms with Crippen LogP contribution in [-0.4, -0.2) is 47.2 Å². The van der Waals surface area contributed by atoms with Crippen LogP contribution in [0.25, 0.3) is 0 Å². The molecular formula is C12H20N4O. The van der Waals surface area contributed by atoms with Crippen molar-refractivity contribution in [1.82, 2.24) is 20.4 Å². The van der Waals surface area contributed by atoms with Crippen LogP contribution in [0, 0.1) is 6.92 Å². The summed E-state index contributed by atoms with van der Waals surface area (Å²) in [6, 6.07) is 0.435. The zero-order valence-corrected chi connectivity index (χ0v) is 10.5. The molecule has 2 rings (SSSR count). The third-order valence-electron chi connectivity index (χ3n) is 3.31. The number of likely N-dealkylation sites (N-methyl/N-ethyl adjacent to an activating group) is 1. The van der Waals surface area contributed by atoms with Gasteiger partial charge in [-0.1, -0.05) is 6.42 Å². The highest BCUT2D eigenvalue weighted by molar-refractivity contribution is 5.94. The number of aryl methyl sites for hydroxylation is 1. The minimum absolute atomic E-state index is 0.0450. The van der Waals surface area contributed by atoms with Crippen molar-refractivity contribution in [3.63, 3.8) is 0 Å². The maximum atomic E-state index is 12.1. The molecule has 5 nitrogen and oxygen atoms in total. The Kier molecular flexibility index (Phi) is 3.78. The first kappa shape index (κ1) is 12.1. The Morgan fingerprint density at radius 2 is 2.41 bits per heavy atom. The fourth-order valence-electron chi connectivity index (χ4n) is 2.27. The SMILES string of the molecule is Cc1[nH]ncc1C(=O)N(C)CC1CCCCN1. The lowest BCUT2D eigenvalue weighted by Gasteiger charge is -2.28. The number of carbonyl (C=O) groups excluding carboxylic acids is 1. The summed E-state index contributed by atoms with van der Waals surface area (Å²) < 4.78 is 0. The van der Waals surface area contributed by atoms with Crippen LogP contribution in [-0.2, 0) is 0 Å². The molecule has 1 amide bonds. The van der Waals surface area contributed by atoms with Crippen LogP contribution < -0.4 is 5.32 Å². The van der Waals surface area contributed by atoms with E-state index in [0.29, 0.717) is 11.6 Å². The molecule has 17 heavy (non-hydrogen) atoms. The zero-order chi connectivity index (χ0) is 12.3. The van der Waals surface area contributed by atoms with E-state index < -0.39 is 0 Å². The van der Waals surface area contributed by atoms with E-state index in [1.54, 1.807) is 11.1 Å². The Labute approximate surface area is 102 Å². The highest BCUT2D eigenvalue weighted by Gasteiger charge is 2.20. The first-order valence-corrected chi connectivity index (χ1v) is 6.17. The van der Waals surface area contributed by atoms with Crippen molar-refractivity contribution in [2.75, 3.05) is 20.1 Å². The first-order chi connectivity index (χ1) is 8.18. The van der Waals surface area contributed by atoms with E-state index in [0.717, 1.165) is 25.2 Å². The van der Waals surface area contributed by atoms with E-state index in [-0.39, 0.29) is 5.91 Å². The second kappa shape index (κ2) is 5.31. The second-order valence-electron chi connectivity index (χ2n) is 4.74. The average Bonchev–Trinajstić information content (AvgIpc) is 2.76. The number of nitrogens with zero attached hydrogens (tertiary/aromatic N) is 2. The summed E-state index contributed by atoms with van der Waals surface area (Å²) in [5, 5.41) is 10.1. The molecule has 0 radical (unpaired) electrons. The van der Waals surface area contributed by atoms with Gasteiger partial charge < -0.3 is 10.2 Å². The highest BCUT2D eigenvalue weighted by atomic mass is 16.2. The second-order valence-corrected chi connectivity index (χ2v) is 4.74. The molecule has 2 N–H and O–H groups in total. The van der Waals surface area contributed by atoms with E-state index in [2.05, 4.69) is 15.5 Å². The third kappa shape index (κ3) is 2.85. The number of amides is 1. The number of rotatable bonds is 3. The molecule has 1 saturated heterocycles. The molecule has 0 bridgehead atoms. The van der Waals surface area contributed by atoms with Gasteiger partial charge in [-0.15, -0.1) is 0 Å². The molecule has 0 aromatic carbocycles. The molecule has 1 aromatic heterocycles. The number of piperidine rings is 1. The molecule has 1 atom stereocenters. The first-order valence-electron chi connectivity index (χ1n) is 6.17. The standard InChI is InChI=1S/C12H20N4O/c1-9-11(7-14-15-9)12(17)16(2)8-10-5-3-4-6-13-10/h7,10,13H,3-6,8H2,1-2H3,(H,14,15). The molecule has 2 heterocycles. The Bertz CT molecular complexity index is 382. The minimum Gasteiger partial charge on any atom is -0.340 e. The summed E-state index contributed by atoms with van der Waals surface area (Å²) in [6.45, 7) is 3.70. The van der Waals surface area contributed by atoms with Gasteiger partial charge in [0.1, 0.15) is 0 Å². The summed E-state index contributed by atoms with van der Waals surface area (Å²) in [7, 11) is 1.85. The Balaban J connectivity index is 1.93. The Morgan fingerprint density at radius 3 is 3.00 bits per heavy atom. The normalized spacial score (nSPS) is 20.2. The summed E-state index contributed by atoms with van der Waals surface area (Å²) in [4.78, 5) is 13.9. The van der Waals surface area contributed by atoms with Gasteiger partial charge in [0.25, 0.3) is 5.91 Å². The van der Waals surface area contributed by atoms with Crippen molar-refractivity contribution in [2.24, 2.45) is 0 Å². The van der Waals surface area contributed by atoms with Gasteiger partial charge in [-0.2, -0.15) is 5.10 Å². The maximum absolute atomic E-state index is 12.1. The molecule has 1 aliphatic heterocycles. The Morgan fingerprint density at radius 1 is 1.59 bits per heavy atom. The van der Waals surface area contributed by atoms with Gasteiger partial charge in [-0.05, 0) is 26.3 Å². The number of hydrogen-bond donors (Lipinski definition) is 2. The lowest BCUT2D eigenvalue weighted by Crippen LogP contribution is -2.44. The molecule has 0 saturated carbocycles. The van der Waals surface area contributed by atoms with Crippen LogP contribution >= 0.6 is 0 Å². The number of nitrogens with one attached hydrogen (secondary N) is 2. The highest BCUT2D eigenvalue weighted by Crippen LogP contribution is 2.11. The number of aromatic amines is 1. The largest absolute Gasteiger partial charge is 0.340 e. The van der Waals surface area contributed by atoms with Crippen molar-refractivity contribution >= 4 is 5.91 Å². The number of hydrogen-bond acceptors (Lipinski definition) is 3. The topological polar surface area (TPSA) is 61.0 Å². The fraction of sp³-hybridized carbons (Fsp3) is 0.667. The molecule has 1 aromatic rings. The third-order valence-corrected chi connectivity index (χ3v) is 3.31. The van der Waals surface area contributed by atoms with Gasteiger partial charge in [0.15, 0.2) is 0 Å². The predicted molar refractivity (Wildman–Crippen MR) is 65.9 cm³/mol. The van der Waals surface area contributed by atoms with Crippen molar-refractivity contribution in [3.8, 4) is 0 Å². The van der Waals surface area contributed by atoms with Gasteiger partial charge >= 0.3 is 0 Å². The number of aromatic nitrogens is 2. The lowest BCUT2D eigenvalue weighted by atomic mass is 10.0. The predicted octanol–water partition coefficient (Wildman–Crippen LogP) is 0.932. The number of carbonyl (C=O) groups is 1. The van der Waals surface area contributed by atoms with Crippen molar-refractivity contribution in [3.05, 3.63) is 17.5 Å². The van der Waals surface area contributed by atoms with E-state index >= 15 is 0 Å². The van der Waals surface area contributed by atoms with Crippen molar-refractivity contribution in [2.45, 2.75) is 32.2 Å². The molecular weight excluding hydrogens is 216 g/mol. The van der Waals surface area contributed by atoms with E-state index in [1.807, 2.05) is 14.0 Å². The summed E-state index contributed by atoms with van der Waals surface area (Å²) in [5.74, 6) is 0.0450. The molecule has 1 unspecified atom stereocenters. The summed E-state index contributed by atoms with van der Waals surface area (Å²) in [5.41, 5.74) is 1.50. The van der Waals surface area contributed by atoms with Gasteiger partial charge in [0.2, 0.25) is 0 Å². The van der Waals surface area contributed by atoms with Gasteiger partial charge in [-0.25, -0.2) is 0 Å². The van der Waals surface area contributed by atoms with Gasteiger partial charge in [-0.3, -0.25) is 9.89 Å². The van der Waals surface area contributed by atoms with Crippen LogP contribution in [0.4, 0.5) is 0 Å². The van der Waals surface area contributed by atoms with Crippen LogP contribution in [0.2, 0.25) is 0 Å². The molecule has 5 heteroatoms. The van der Waals surface area contributed by atoms with Crippen LogP contribution in [0.5, 0.6) is 0 Å². The fourth-order valence-corrected chi connectivity index (χ4v) is 2.27. The number of H-pyrrole nitrogens is 1. The molecule has 94 valence electrons. The molecule has 1 aliphatic rings. The molecule has 0 aliphatic carbocycles. The van der Waals surface area contributed by atoms with Crippen LogP contribution in [0.3, 0.4) is 0 Å². The quantitative estimate of drug-likeness (QED) is 0.821. The van der Waals surface area contributed by atoms with Gasteiger partial charge in [0, 0.05) is 25.3 Å². The Hall–Kier alpha value is -1.36. The monoisotopic (exact) mass is 236 g/mol. The van der Waals surface area contributed by atoms with Crippen LogP contribution in [0.15, 0.2) is 6.20 Å². The summed E-state index contributed by atoms with van der Waals surface area (Å²) >= 11 is 0. The maximum Gasteiger partial charge on any atom is 0.257 e. The van der Waals surface area contributed by atoms with Gasteiger partial charge in [0.05, 0.1) is 11.8 Å². The smallest absolute Gasteiger partial charge is 0.257 e. The van der Waals surface area contributed by atoms with Crippen molar-refractivity contribution in [1.29, 1.82) is 0 Å². The minimum atomic E-state index is 0.0450. The van der Waals surface area contributed by atoms with Crippen molar-refractivity contribution < 1.29 is 4.79 Å². The lowest BCUT2D eigenvalue weighted by molar-refractivity contribution is 0.0774. The van der Waals surface area contributed by atoms with E-state index in [4.69, 9.17) is 0 Å². The molecule has 1 fully saturated rings. The van der Waals surface area contributed by atoms with Crippen LogP contribution in [0.1, 0.15) is 35.3 Å². The molecule has 0 spiro atoms.